The third kappa shape index (κ3) is 5.80. The monoisotopic (exact) mass is 390 g/mol. The Labute approximate surface area is 161 Å². The zero-order valence-corrected chi connectivity index (χ0v) is 16.8. The molecule has 2 aromatic carbocycles. The number of amides is 1. The highest BCUT2D eigenvalue weighted by Crippen LogP contribution is 2.29. The zero-order valence-electron chi connectivity index (χ0n) is 16.0. The molecule has 0 aliphatic heterocycles. The van der Waals surface area contributed by atoms with Crippen molar-refractivity contribution in [3.05, 3.63) is 54.1 Å². The van der Waals surface area contributed by atoms with Crippen LogP contribution in [0.4, 0.5) is 5.69 Å². The molecule has 0 aliphatic carbocycles. The van der Waals surface area contributed by atoms with Crippen LogP contribution in [0.3, 0.4) is 0 Å². The minimum absolute atomic E-state index is 0.0664. The molecule has 0 saturated carbocycles. The van der Waals surface area contributed by atoms with Gasteiger partial charge in [0, 0.05) is 13.0 Å². The number of ether oxygens (including phenoxy) is 1. The maximum atomic E-state index is 13.0. The second-order valence-electron chi connectivity index (χ2n) is 6.76. The van der Waals surface area contributed by atoms with Crippen molar-refractivity contribution in [3.8, 4) is 5.75 Å². The summed E-state index contributed by atoms with van der Waals surface area (Å²) in [6.45, 7) is 5.45. The summed E-state index contributed by atoms with van der Waals surface area (Å²) in [4.78, 5) is 11.5. The standard InChI is InChI=1S/C20H26N2O4S/c1-14(2)12-18(16-8-6-5-7-9-16)22-27(24,25)17-10-11-20(26-4)19(13-17)21-15(3)23/h5-11,13-14,18,22H,12H2,1-4H3,(H,21,23)/t18-/m1/s1. The van der Waals surface area contributed by atoms with Crippen LogP contribution in [0.2, 0.25) is 0 Å². The van der Waals surface area contributed by atoms with Gasteiger partial charge in [-0.15, -0.1) is 0 Å². The molecule has 0 bridgehead atoms. The molecule has 0 fully saturated rings. The lowest BCUT2D eigenvalue weighted by Crippen LogP contribution is -2.29. The normalized spacial score (nSPS) is 12.6. The molecule has 0 unspecified atom stereocenters. The number of carbonyl (C=O) groups is 1. The molecule has 146 valence electrons. The van der Waals surface area contributed by atoms with Crippen molar-refractivity contribution in [2.75, 3.05) is 12.4 Å². The van der Waals surface area contributed by atoms with Crippen LogP contribution in [0.25, 0.3) is 0 Å². The first kappa shape index (κ1) is 20.9. The number of rotatable bonds is 8. The van der Waals surface area contributed by atoms with Crippen molar-refractivity contribution >= 4 is 21.6 Å². The fourth-order valence-corrected chi connectivity index (χ4v) is 4.07. The van der Waals surface area contributed by atoms with Gasteiger partial charge in [0.05, 0.1) is 17.7 Å². The van der Waals surface area contributed by atoms with Gasteiger partial charge in [-0.2, -0.15) is 0 Å². The first-order valence-corrected chi connectivity index (χ1v) is 10.2. The van der Waals surface area contributed by atoms with Gasteiger partial charge in [0.25, 0.3) is 0 Å². The maximum absolute atomic E-state index is 13.0. The van der Waals surface area contributed by atoms with Gasteiger partial charge < -0.3 is 10.1 Å². The van der Waals surface area contributed by atoms with E-state index in [4.69, 9.17) is 4.74 Å². The van der Waals surface area contributed by atoms with Crippen LogP contribution >= 0.6 is 0 Å². The van der Waals surface area contributed by atoms with Crippen molar-refractivity contribution in [1.29, 1.82) is 0 Å². The van der Waals surface area contributed by atoms with Gasteiger partial charge in [0.15, 0.2) is 0 Å². The molecule has 1 amide bonds. The van der Waals surface area contributed by atoms with Crippen molar-refractivity contribution in [3.63, 3.8) is 0 Å². The summed E-state index contributed by atoms with van der Waals surface area (Å²) in [5.74, 6) is 0.396. The number of methoxy groups -OCH3 is 1. The van der Waals surface area contributed by atoms with E-state index in [2.05, 4.69) is 10.0 Å². The molecule has 2 N–H and O–H groups in total. The summed E-state index contributed by atoms with van der Waals surface area (Å²) >= 11 is 0. The molecule has 0 saturated heterocycles. The van der Waals surface area contributed by atoms with Crippen molar-refractivity contribution in [2.24, 2.45) is 5.92 Å². The van der Waals surface area contributed by atoms with E-state index in [0.29, 0.717) is 23.8 Å². The summed E-state index contributed by atoms with van der Waals surface area (Å²) in [5, 5.41) is 2.60. The highest BCUT2D eigenvalue weighted by atomic mass is 32.2. The highest BCUT2D eigenvalue weighted by molar-refractivity contribution is 7.89. The van der Waals surface area contributed by atoms with Gasteiger partial charge in [-0.05, 0) is 36.1 Å². The van der Waals surface area contributed by atoms with E-state index in [-0.39, 0.29) is 16.8 Å². The van der Waals surface area contributed by atoms with E-state index < -0.39 is 10.0 Å². The van der Waals surface area contributed by atoms with Crippen LogP contribution < -0.4 is 14.8 Å². The molecule has 6 nitrogen and oxygen atoms in total. The van der Waals surface area contributed by atoms with Gasteiger partial charge >= 0.3 is 0 Å². The lowest BCUT2D eigenvalue weighted by Gasteiger charge is -2.21. The van der Waals surface area contributed by atoms with Crippen LogP contribution in [0.15, 0.2) is 53.4 Å². The summed E-state index contributed by atoms with van der Waals surface area (Å²) in [6, 6.07) is 13.5. The quantitative estimate of drug-likeness (QED) is 0.719. The Bertz CT molecular complexity index is 880. The lowest BCUT2D eigenvalue weighted by molar-refractivity contribution is -0.114. The molecule has 7 heteroatoms. The third-order valence-electron chi connectivity index (χ3n) is 4.00. The van der Waals surface area contributed by atoms with Gasteiger partial charge in [0.1, 0.15) is 5.75 Å². The Morgan fingerprint density at radius 1 is 1.11 bits per heavy atom. The topological polar surface area (TPSA) is 84.5 Å². The minimum Gasteiger partial charge on any atom is -0.495 e. The van der Waals surface area contributed by atoms with E-state index in [1.54, 1.807) is 0 Å². The molecule has 0 radical (unpaired) electrons. The van der Waals surface area contributed by atoms with Crippen molar-refractivity contribution in [1.82, 2.24) is 4.72 Å². The molecule has 0 heterocycles. The molecule has 0 aromatic heterocycles. The summed E-state index contributed by atoms with van der Waals surface area (Å²) in [6.07, 6.45) is 0.665. The summed E-state index contributed by atoms with van der Waals surface area (Å²) in [5.41, 5.74) is 1.22. The number of hydrogen-bond acceptors (Lipinski definition) is 4. The van der Waals surface area contributed by atoms with E-state index in [0.717, 1.165) is 5.56 Å². The third-order valence-corrected chi connectivity index (χ3v) is 5.47. The Balaban J connectivity index is 2.37. The second kappa shape index (κ2) is 9.01. The summed E-state index contributed by atoms with van der Waals surface area (Å²) in [7, 11) is -2.33. The molecule has 27 heavy (non-hydrogen) atoms. The molecule has 0 aliphatic rings. The SMILES string of the molecule is COc1ccc(S(=O)(=O)N[C@H](CC(C)C)c2ccccc2)cc1NC(C)=O. The predicted octanol–water partition coefficient (Wildman–Crippen LogP) is 3.72. The number of hydrogen-bond donors (Lipinski definition) is 2. The van der Waals surface area contributed by atoms with E-state index in [1.807, 2.05) is 44.2 Å². The Kier molecular flexibility index (Phi) is 6.98. The summed E-state index contributed by atoms with van der Waals surface area (Å²) < 4.78 is 33.9. The number of carbonyl (C=O) groups excluding carboxylic acids is 1. The van der Waals surface area contributed by atoms with Crippen molar-refractivity contribution < 1.29 is 17.9 Å². The number of sulfonamides is 1. The fraction of sp³-hybridized carbons (Fsp3) is 0.350. The van der Waals surface area contributed by atoms with Gasteiger partial charge in [0.2, 0.25) is 15.9 Å². The van der Waals surface area contributed by atoms with Gasteiger partial charge in [-0.25, -0.2) is 13.1 Å². The molecule has 1 atom stereocenters. The second-order valence-corrected chi connectivity index (χ2v) is 8.47. The highest BCUT2D eigenvalue weighted by Gasteiger charge is 2.23. The average molecular weight is 391 g/mol. The largest absolute Gasteiger partial charge is 0.495 e. The molecular formula is C20H26N2O4S. The average Bonchev–Trinajstić information content (AvgIpc) is 2.60. The van der Waals surface area contributed by atoms with E-state index >= 15 is 0 Å². The Morgan fingerprint density at radius 2 is 1.78 bits per heavy atom. The van der Waals surface area contributed by atoms with Gasteiger partial charge in [-0.3, -0.25) is 4.79 Å². The lowest BCUT2D eigenvalue weighted by atomic mass is 9.98. The molecule has 2 rings (SSSR count). The van der Waals surface area contributed by atoms with Crippen molar-refractivity contribution in [2.45, 2.75) is 38.1 Å². The van der Waals surface area contributed by atoms with Crippen LogP contribution in [0.1, 0.15) is 38.8 Å². The number of nitrogens with one attached hydrogen (secondary N) is 2. The minimum atomic E-state index is -3.79. The van der Waals surface area contributed by atoms with Crippen LogP contribution in [-0.4, -0.2) is 21.4 Å². The predicted molar refractivity (Wildman–Crippen MR) is 106 cm³/mol. The fourth-order valence-electron chi connectivity index (χ4n) is 2.81. The zero-order chi connectivity index (χ0) is 20.0. The Hall–Kier alpha value is -2.38. The molecule has 0 spiro atoms. The number of benzene rings is 2. The smallest absolute Gasteiger partial charge is 0.241 e. The molecular weight excluding hydrogens is 364 g/mol. The van der Waals surface area contributed by atoms with Crippen LogP contribution in [0, 0.1) is 5.92 Å². The van der Waals surface area contributed by atoms with Gasteiger partial charge in [-0.1, -0.05) is 44.2 Å². The molecule has 2 aromatic rings. The number of anilines is 1. The maximum Gasteiger partial charge on any atom is 0.241 e. The van der Waals surface area contributed by atoms with E-state index in [9.17, 15) is 13.2 Å². The van der Waals surface area contributed by atoms with Crippen LogP contribution in [-0.2, 0) is 14.8 Å². The first-order valence-electron chi connectivity index (χ1n) is 8.76. The first-order chi connectivity index (χ1) is 12.7. The van der Waals surface area contributed by atoms with Crippen LogP contribution in [0.5, 0.6) is 5.75 Å². The Morgan fingerprint density at radius 3 is 2.33 bits per heavy atom. The van der Waals surface area contributed by atoms with E-state index in [1.165, 1.54) is 32.2 Å².